The van der Waals surface area contributed by atoms with Gasteiger partial charge in [0.1, 0.15) is 29.1 Å². The number of nitrogens with one attached hydrogen (secondary N) is 5. The normalized spacial score (nSPS) is 15.8. The number of nitrogens with zero attached hydrogens (tertiary/aromatic N) is 11. The van der Waals surface area contributed by atoms with Crippen LogP contribution < -0.4 is 38.5 Å². The number of piperidine rings is 4. The lowest BCUT2D eigenvalue weighted by molar-refractivity contribution is -0.122. The van der Waals surface area contributed by atoms with Crippen molar-refractivity contribution >= 4 is 86.5 Å². The van der Waals surface area contributed by atoms with Crippen LogP contribution >= 0.6 is 0 Å². The number of aromatic nitrogens is 4. The Kier molecular flexibility index (Phi) is 41.4. The van der Waals surface area contributed by atoms with Crippen molar-refractivity contribution in [2.75, 3.05) is 95.8 Å². The number of carbonyl (C=O) groups is 4. The van der Waals surface area contributed by atoms with Crippen LogP contribution in [0.3, 0.4) is 0 Å². The number of hydrogen-bond donors (Lipinski definition) is 5. The Bertz CT molecular complexity index is 6630. The Labute approximate surface area is 866 Å². The lowest BCUT2D eigenvalue weighted by Gasteiger charge is -2.38. The van der Waals surface area contributed by atoms with Crippen molar-refractivity contribution in [2.24, 2.45) is 0 Å². The average molecular weight is 2100 g/mol. The predicted octanol–water partition coefficient (Wildman–Crippen LogP) is 15.1. The number of H-pyrrole nitrogens is 1. The molecule has 4 fully saturated rings. The Morgan fingerprint density at radius 1 is 0.311 bits per heavy atom. The smallest absolute Gasteiger partial charge is 0.239 e. The number of hydrogen-bond acceptors (Lipinski definition) is 19. The van der Waals surface area contributed by atoms with Crippen molar-refractivity contribution in [1.82, 2.24) is 61.5 Å². The highest BCUT2D eigenvalue weighted by Crippen LogP contribution is 2.31. The van der Waals surface area contributed by atoms with Crippen LogP contribution in [0.4, 0.5) is 44.7 Å². The number of aromatic amines is 1. The van der Waals surface area contributed by atoms with Gasteiger partial charge in [0.05, 0.1) is 71.4 Å². The first-order valence-electron chi connectivity index (χ1n) is 50.0. The number of benzene rings is 11. The van der Waals surface area contributed by atoms with E-state index < -0.39 is 69.3 Å². The highest BCUT2D eigenvalue weighted by Gasteiger charge is 2.37. The zero-order chi connectivity index (χ0) is 105. The maximum atomic E-state index is 13.9. The Balaban J connectivity index is 0.000000165. The number of halogens is 5. The van der Waals surface area contributed by atoms with Gasteiger partial charge in [-0.25, -0.2) is 55.6 Å². The van der Waals surface area contributed by atoms with Crippen molar-refractivity contribution in [3.8, 4) is 0 Å². The molecule has 4 atom stereocenters. The molecule has 0 spiro atoms. The minimum absolute atomic E-state index is 0.00150. The first kappa shape index (κ1) is 112. The number of rotatable bonds is 40. The van der Waals surface area contributed by atoms with Gasteiger partial charge in [0.25, 0.3) is 0 Å². The summed E-state index contributed by atoms with van der Waals surface area (Å²) >= 11 is 0. The van der Waals surface area contributed by atoms with Gasteiger partial charge in [-0.2, -0.15) is 5.21 Å². The standard InChI is InChI=1S/2C29H33F2N3O3S.C29H34FN3O3S.C24H31N7O3S/c1-22(20-34(25-11-6-3-7-12-25)38(36,37)21-23-9-4-2-5-10-23)33-17-15-24(16-18-33)32-29(35)19-26-27(30)13-8-14-28(26)31;1-22(20-34(27-10-6-3-7-11-27)38(36,37)21-23-8-4-2-5-9-23)33-16-14-26(15-17-33)32-29(35)18-24-12-13-25(30)19-28(24)31;1-23(32-18-16-27(17-19-32)31-29(34)20-24-12-14-26(30)15-13-24)21-33(28-10-6-3-7-11-28)37(35,36)22-25-8-4-2-5-9-25;1-19(30-14-12-21(13-15-30)25-24(32)16-23-26-28-29-27-23)17-31(22-10-6-3-7-11-22)35(33,34)18-20-8-4-2-5-9-20/h2-14,22,24H,15-21H2,1H3,(H,32,35);2-13,19,22,26H,14-18,20-21H2,1H3,(H,32,35);2-15,23,27H,16-22H2,1H3,(H,31,34);2-11,19,21H,12-18H2,1H3,(H,25,32)(H,26,27,28,29)/t2*22-;23-;19-/m0011/s1. The van der Waals surface area contributed by atoms with E-state index >= 15 is 0 Å². The highest BCUT2D eigenvalue weighted by atomic mass is 32.2. The first-order valence-corrected chi connectivity index (χ1v) is 56.4. The molecule has 4 amide bonds. The van der Waals surface area contributed by atoms with E-state index in [4.69, 9.17) is 0 Å². The third kappa shape index (κ3) is 34.5. The van der Waals surface area contributed by atoms with Crippen LogP contribution in [0.25, 0.3) is 0 Å². The molecule has 37 heteroatoms. The zero-order valence-corrected chi connectivity index (χ0v) is 86.9. The third-order valence-electron chi connectivity index (χ3n) is 26.8. The van der Waals surface area contributed by atoms with Gasteiger partial charge in [-0.15, -0.1) is 10.2 Å². The molecule has 0 radical (unpaired) electrons. The quantitative estimate of drug-likeness (QED) is 0.0223. The van der Waals surface area contributed by atoms with Crippen LogP contribution in [0.15, 0.2) is 303 Å². The predicted molar refractivity (Wildman–Crippen MR) is 568 cm³/mol. The Morgan fingerprint density at radius 3 is 0.851 bits per heavy atom. The molecule has 0 aliphatic carbocycles. The number of para-hydroxylation sites is 4. The molecule has 1 aromatic heterocycles. The fourth-order valence-electron chi connectivity index (χ4n) is 18.7. The molecule has 4 aliphatic rings. The van der Waals surface area contributed by atoms with Gasteiger partial charge in [-0.05, 0) is 191 Å². The van der Waals surface area contributed by atoms with Crippen molar-refractivity contribution in [3.05, 3.63) is 377 Å². The lowest BCUT2D eigenvalue weighted by atomic mass is 10.0. The molecule has 5 heterocycles. The van der Waals surface area contributed by atoms with Gasteiger partial charge in [0, 0.05) is 139 Å². The van der Waals surface area contributed by atoms with Gasteiger partial charge >= 0.3 is 0 Å². The second kappa shape index (κ2) is 54.7. The molecule has 786 valence electrons. The molecule has 11 aromatic carbocycles. The van der Waals surface area contributed by atoms with Crippen LogP contribution in [0, 0.1) is 29.1 Å². The van der Waals surface area contributed by atoms with E-state index in [1.54, 1.807) is 36.4 Å². The lowest BCUT2D eigenvalue weighted by Crippen LogP contribution is -2.51. The monoisotopic (exact) mass is 2100 g/mol. The van der Waals surface area contributed by atoms with Crippen LogP contribution in [0.5, 0.6) is 0 Å². The fourth-order valence-corrected chi connectivity index (χ4v) is 25.3. The van der Waals surface area contributed by atoms with Crippen molar-refractivity contribution in [1.29, 1.82) is 0 Å². The summed E-state index contributed by atoms with van der Waals surface area (Å²) in [6.07, 6.45) is 5.73. The number of tetrazole rings is 1. The zero-order valence-electron chi connectivity index (χ0n) is 83.6. The molecule has 4 aliphatic heterocycles. The fraction of sp³-hybridized carbons (Fsp3) is 0.360. The number of carbonyl (C=O) groups excluding carboxylic acids is 4. The van der Waals surface area contributed by atoms with Crippen molar-refractivity contribution in [2.45, 2.75) is 176 Å². The van der Waals surface area contributed by atoms with E-state index in [1.165, 1.54) is 41.5 Å². The third-order valence-corrected chi connectivity index (χ3v) is 33.7. The Morgan fingerprint density at radius 2 is 0.574 bits per heavy atom. The Hall–Kier alpha value is -13.1. The molecule has 0 bridgehead atoms. The van der Waals surface area contributed by atoms with Crippen LogP contribution in [-0.2, 0) is 108 Å². The minimum Gasteiger partial charge on any atom is -0.353 e. The van der Waals surface area contributed by atoms with E-state index in [0.29, 0.717) is 107 Å². The summed E-state index contributed by atoms with van der Waals surface area (Å²) in [5.74, 6) is -4.00. The van der Waals surface area contributed by atoms with Gasteiger partial charge in [-0.1, -0.05) is 224 Å². The summed E-state index contributed by atoms with van der Waals surface area (Å²) in [5, 5.41) is 25.4. The number of sulfonamides is 4. The van der Waals surface area contributed by atoms with Crippen LogP contribution in [-0.4, -0.2) is 224 Å². The number of likely N-dealkylation sites (tertiary alicyclic amines) is 4. The van der Waals surface area contributed by atoms with Crippen LogP contribution in [0.2, 0.25) is 0 Å². The average Bonchev–Trinajstić information content (AvgIpc) is 0.887. The largest absolute Gasteiger partial charge is 0.353 e. The van der Waals surface area contributed by atoms with E-state index in [9.17, 15) is 74.8 Å². The van der Waals surface area contributed by atoms with E-state index in [-0.39, 0.29) is 132 Å². The molecule has 0 saturated carbocycles. The maximum Gasteiger partial charge on any atom is 0.239 e. The van der Waals surface area contributed by atoms with Gasteiger partial charge < -0.3 is 21.3 Å². The molecular weight excluding hydrogens is 1970 g/mol. The number of anilines is 4. The second-order valence-corrected chi connectivity index (χ2v) is 45.5. The van der Waals surface area contributed by atoms with Gasteiger partial charge in [-0.3, -0.25) is 56.0 Å². The molecule has 12 aromatic rings. The van der Waals surface area contributed by atoms with E-state index in [2.05, 4.69) is 75.3 Å². The second-order valence-electron chi connectivity index (χ2n) is 37.9. The van der Waals surface area contributed by atoms with E-state index in [0.717, 1.165) is 104 Å². The van der Waals surface area contributed by atoms with Gasteiger partial charge in [0.2, 0.25) is 63.7 Å². The topological polar surface area (TPSA) is 333 Å². The van der Waals surface area contributed by atoms with Gasteiger partial charge in [0.15, 0.2) is 5.82 Å². The molecule has 4 saturated heterocycles. The van der Waals surface area contributed by atoms with Crippen molar-refractivity contribution in [3.63, 3.8) is 0 Å². The molecule has 148 heavy (non-hydrogen) atoms. The molecule has 16 rings (SSSR count). The highest BCUT2D eigenvalue weighted by molar-refractivity contribution is 7.93. The summed E-state index contributed by atoms with van der Waals surface area (Å²) in [6.45, 7) is 15.2. The molecular formula is C111H131F5N16O12S4. The van der Waals surface area contributed by atoms with E-state index in [1.807, 2.05) is 232 Å². The maximum absolute atomic E-state index is 13.9. The SMILES string of the molecule is C[C@@H](CN(c1ccccc1)S(=O)(=O)Cc1ccccc1)N1CCC(NC(=O)Cc2c(F)cccc2F)CC1.C[C@@H](CN(c1ccccc1)S(=O)(=O)Cc1ccccc1)N1CCC(NC(=O)Cc2ccc(F)cc2F)CC1.C[C@H](CN(c1ccccc1)S(=O)(=O)Cc1ccccc1)N1CCC(NC(=O)Cc2ccc(F)cc2)CC1.C[C@H](CN(c1ccccc1)S(=O)(=O)Cc1ccccc1)N1CCC(NC(=O)Cc2nn[nH]n2)CC1. The summed E-state index contributed by atoms with van der Waals surface area (Å²) in [4.78, 5) is 58.6. The summed E-state index contributed by atoms with van der Waals surface area (Å²) in [7, 11) is -14.4. The first-order chi connectivity index (χ1) is 71.1. The molecule has 28 nitrogen and oxygen atoms in total. The molecule has 5 N–H and O–H groups in total. The van der Waals surface area contributed by atoms with Crippen molar-refractivity contribution < 1.29 is 74.8 Å². The summed E-state index contributed by atoms with van der Waals surface area (Å²) in [5.41, 5.74) is 6.28. The number of amides is 4. The summed E-state index contributed by atoms with van der Waals surface area (Å²) < 4.78 is 182. The summed E-state index contributed by atoms with van der Waals surface area (Å²) in [6, 6.07) is 86.2. The minimum atomic E-state index is -3.64. The molecule has 0 unspecified atom stereocenters. The van der Waals surface area contributed by atoms with Crippen LogP contribution in [0.1, 0.15) is 124 Å².